The molecule has 2 aliphatic rings. The lowest BCUT2D eigenvalue weighted by molar-refractivity contribution is -0.121. The van der Waals surface area contributed by atoms with Crippen molar-refractivity contribution in [1.82, 2.24) is 10.4 Å². The van der Waals surface area contributed by atoms with Gasteiger partial charge in [0.1, 0.15) is 0 Å². The second-order valence-corrected chi connectivity index (χ2v) is 4.43. The number of fused-ring (bicyclic) bond motifs is 1. The summed E-state index contributed by atoms with van der Waals surface area (Å²) in [5.74, 6) is 1.32. The molecule has 5 nitrogen and oxygen atoms in total. The molecule has 0 spiro atoms. The van der Waals surface area contributed by atoms with Crippen LogP contribution in [0.25, 0.3) is 0 Å². The Morgan fingerprint density at radius 2 is 2.29 bits per heavy atom. The summed E-state index contributed by atoms with van der Waals surface area (Å²) in [7, 11) is 0. The number of amides is 1. The lowest BCUT2D eigenvalue weighted by atomic mass is 10.2. The first-order valence-electron chi connectivity index (χ1n) is 5.35. The number of hydrogen-bond donors (Lipinski definition) is 1. The lowest BCUT2D eigenvalue weighted by Gasteiger charge is -2.15. The van der Waals surface area contributed by atoms with Crippen molar-refractivity contribution in [3.8, 4) is 11.5 Å². The molecule has 1 saturated heterocycles. The Bertz CT molecular complexity index is 478. The number of hydrogen-bond acceptors (Lipinski definition) is 4. The molecule has 0 aliphatic carbocycles. The van der Waals surface area contributed by atoms with Crippen LogP contribution < -0.4 is 14.9 Å². The molecule has 1 aromatic carbocycles. The molecule has 0 radical (unpaired) electrons. The van der Waals surface area contributed by atoms with Crippen LogP contribution in [0.3, 0.4) is 0 Å². The van der Waals surface area contributed by atoms with Crippen molar-refractivity contribution in [2.75, 3.05) is 13.3 Å². The number of nitrogens with zero attached hydrogens (tertiary/aromatic N) is 1. The van der Waals surface area contributed by atoms with E-state index in [9.17, 15) is 4.79 Å². The van der Waals surface area contributed by atoms with E-state index in [1.54, 1.807) is 0 Å². The molecule has 6 heteroatoms. The standard InChI is InChI=1S/C11H11ClN2O3/c12-8-3-7(4-9-11(8)17-6-16-9)5-14-2-1-10(15)13-14/h3-4H,1-2,5-6H2,(H,13,15). The zero-order valence-corrected chi connectivity index (χ0v) is 9.79. The van der Waals surface area contributed by atoms with E-state index < -0.39 is 0 Å². The Morgan fingerprint density at radius 3 is 3.06 bits per heavy atom. The van der Waals surface area contributed by atoms with Crippen LogP contribution in [0.1, 0.15) is 12.0 Å². The number of rotatable bonds is 2. The summed E-state index contributed by atoms with van der Waals surface area (Å²) in [6.45, 7) is 1.53. The Morgan fingerprint density at radius 1 is 1.41 bits per heavy atom. The molecule has 0 aromatic heterocycles. The second-order valence-electron chi connectivity index (χ2n) is 4.02. The summed E-state index contributed by atoms with van der Waals surface area (Å²) in [5, 5.41) is 2.40. The van der Waals surface area contributed by atoms with Crippen LogP contribution >= 0.6 is 11.6 Å². The number of halogens is 1. The van der Waals surface area contributed by atoms with E-state index in [0.717, 1.165) is 5.56 Å². The van der Waals surface area contributed by atoms with E-state index in [2.05, 4.69) is 5.43 Å². The van der Waals surface area contributed by atoms with Crippen LogP contribution in [0.2, 0.25) is 5.02 Å². The zero-order valence-electron chi connectivity index (χ0n) is 9.03. The molecule has 1 fully saturated rings. The summed E-state index contributed by atoms with van der Waals surface area (Å²) in [6, 6.07) is 3.72. The molecule has 0 bridgehead atoms. The maximum Gasteiger partial charge on any atom is 0.235 e. The largest absolute Gasteiger partial charge is 0.454 e. The fourth-order valence-corrected chi connectivity index (χ4v) is 2.26. The van der Waals surface area contributed by atoms with Gasteiger partial charge >= 0.3 is 0 Å². The van der Waals surface area contributed by atoms with E-state index in [0.29, 0.717) is 36.0 Å². The number of benzene rings is 1. The zero-order chi connectivity index (χ0) is 11.8. The third-order valence-corrected chi connectivity index (χ3v) is 3.03. The Balaban J connectivity index is 1.80. The van der Waals surface area contributed by atoms with Crippen molar-refractivity contribution in [2.45, 2.75) is 13.0 Å². The van der Waals surface area contributed by atoms with Gasteiger partial charge in [-0.2, -0.15) is 0 Å². The average Bonchev–Trinajstić information content (AvgIpc) is 2.87. The molecular formula is C11H11ClN2O3. The summed E-state index contributed by atoms with van der Waals surface area (Å²) >= 11 is 6.08. The number of nitrogens with one attached hydrogen (secondary N) is 1. The molecule has 0 saturated carbocycles. The maximum absolute atomic E-state index is 11.1. The first-order valence-corrected chi connectivity index (χ1v) is 5.72. The fourth-order valence-electron chi connectivity index (χ4n) is 1.98. The van der Waals surface area contributed by atoms with Crippen LogP contribution in [0.5, 0.6) is 11.5 Å². The molecule has 0 atom stereocenters. The summed E-state index contributed by atoms with van der Waals surface area (Å²) < 4.78 is 10.5. The van der Waals surface area contributed by atoms with E-state index in [-0.39, 0.29) is 12.7 Å². The first kappa shape index (κ1) is 10.7. The Hall–Kier alpha value is -1.46. The van der Waals surface area contributed by atoms with Crippen LogP contribution in [-0.2, 0) is 11.3 Å². The number of carbonyl (C=O) groups excluding carboxylic acids is 1. The van der Waals surface area contributed by atoms with Gasteiger partial charge in [0.15, 0.2) is 11.5 Å². The van der Waals surface area contributed by atoms with Crippen LogP contribution in [0, 0.1) is 0 Å². The van der Waals surface area contributed by atoms with Gasteiger partial charge in [0.25, 0.3) is 0 Å². The summed E-state index contributed by atoms with van der Waals surface area (Å²) in [5.41, 5.74) is 3.76. The van der Waals surface area contributed by atoms with E-state index in [4.69, 9.17) is 21.1 Å². The molecule has 2 aliphatic heterocycles. The van der Waals surface area contributed by atoms with Crippen molar-refractivity contribution in [2.24, 2.45) is 0 Å². The van der Waals surface area contributed by atoms with Gasteiger partial charge in [-0.05, 0) is 17.7 Å². The summed E-state index contributed by atoms with van der Waals surface area (Å²) in [6.07, 6.45) is 0.540. The average molecular weight is 255 g/mol. The monoisotopic (exact) mass is 254 g/mol. The number of ether oxygens (including phenoxy) is 2. The summed E-state index contributed by atoms with van der Waals surface area (Å²) in [4.78, 5) is 11.1. The second kappa shape index (κ2) is 4.09. The fraction of sp³-hybridized carbons (Fsp3) is 0.364. The van der Waals surface area contributed by atoms with Gasteiger partial charge in [0, 0.05) is 19.5 Å². The van der Waals surface area contributed by atoms with E-state index >= 15 is 0 Å². The SMILES string of the molecule is O=C1CCN(Cc2cc(Cl)c3c(c2)OCO3)N1. The minimum absolute atomic E-state index is 0.0526. The maximum atomic E-state index is 11.1. The van der Waals surface area contributed by atoms with Gasteiger partial charge in [-0.25, -0.2) is 5.01 Å². The van der Waals surface area contributed by atoms with Crippen molar-refractivity contribution in [3.63, 3.8) is 0 Å². The Labute approximate surface area is 103 Å². The third kappa shape index (κ3) is 2.03. The van der Waals surface area contributed by atoms with E-state index in [1.807, 2.05) is 17.1 Å². The van der Waals surface area contributed by atoms with Gasteiger partial charge < -0.3 is 9.47 Å². The smallest absolute Gasteiger partial charge is 0.235 e. The highest BCUT2D eigenvalue weighted by Crippen LogP contribution is 2.39. The Kier molecular flexibility index (Phi) is 2.57. The van der Waals surface area contributed by atoms with E-state index in [1.165, 1.54) is 0 Å². The molecule has 1 N–H and O–H groups in total. The van der Waals surface area contributed by atoms with Crippen molar-refractivity contribution >= 4 is 17.5 Å². The minimum atomic E-state index is 0.0526. The molecule has 2 heterocycles. The molecular weight excluding hydrogens is 244 g/mol. The van der Waals surface area contributed by atoms with Gasteiger partial charge in [-0.15, -0.1) is 0 Å². The predicted molar refractivity (Wildman–Crippen MR) is 60.7 cm³/mol. The highest BCUT2D eigenvalue weighted by molar-refractivity contribution is 6.32. The van der Waals surface area contributed by atoms with Crippen LogP contribution in [0.15, 0.2) is 12.1 Å². The predicted octanol–water partition coefficient (Wildman–Crippen LogP) is 1.31. The van der Waals surface area contributed by atoms with Crippen LogP contribution in [0.4, 0.5) is 0 Å². The van der Waals surface area contributed by atoms with Gasteiger partial charge in [-0.3, -0.25) is 10.2 Å². The molecule has 0 unspecified atom stereocenters. The molecule has 1 amide bonds. The quantitative estimate of drug-likeness (QED) is 0.865. The van der Waals surface area contributed by atoms with Crippen LogP contribution in [-0.4, -0.2) is 24.3 Å². The lowest BCUT2D eigenvalue weighted by Crippen LogP contribution is -2.32. The van der Waals surface area contributed by atoms with Crippen molar-refractivity contribution in [3.05, 3.63) is 22.7 Å². The topological polar surface area (TPSA) is 50.8 Å². The highest BCUT2D eigenvalue weighted by Gasteiger charge is 2.21. The molecule has 17 heavy (non-hydrogen) atoms. The molecule has 1 aromatic rings. The molecule has 3 rings (SSSR count). The number of carbonyl (C=O) groups is 1. The minimum Gasteiger partial charge on any atom is -0.454 e. The number of hydrazine groups is 1. The normalized spacial score (nSPS) is 18.5. The third-order valence-electron chi connectivity index (χ3n) is 2.75. The highest BCUT2D eigenvalue weighted by atomic mass is 35.5. The first-order chi connectivity index (χ1) is 8.22. The molecule has 90 valence electrons. The van der Waals surface area contributed by atoms with Crippen molar-refractivity contribution < 1.29 is 14.3 Å². The van der Waals surface area contributed by atoms with Gasteiger partial charge in [0.05, 0.1) is 5.02 Å². The van der Waals surface area contributed by atoms with Gasteiger partial charge in [0.2, 0.25) is 12.7 Å². The van der Waals surface area contributed by atoms with Crippen molar-refractivity contribution in [1.29, 1.82) is 0 Å². The van der Waals surface area contributed by atoms with Gasteiger partial charge in [-0.1, -0.05) is 11.6 Å².